The number of nitrogens with two attached hydrogens (primary N) is 1. The van der Waals surface area contributed by atoms with Crippen molar-refractivity contribution in [2.75, 3.05) is 26.7 Å². The largest absolute Gasteiger partial charge is 0.380 e. The molecule has 21 heavy (non-hydrogen) atoms. The first-order chi connectivity index (χ1) is 10.3. The van der Waals surface area contributed by atoms with Crippen LogP contribution >= 0.6 is 0 Å². The van der Waals surface area contributed by atoms with Gasteiger partial charge in [-0.3, -0.25) is 4.90 Å². The van der Waals surface area contributed by atoms with Crippen LogP contribution < -0.4 is 5.73 Å². The summed E-state index contributed by atoms with van der Waals surface area (Å²) in [7, 11) is 1.81. The van der Waals surface area contributed by atoms with Gasteiger partial charge in [-0.2, -0.15) is 0 Å². The number of fused-ring (bicyclic) bond motifs is 1. The van der Waals surface area contributed by atoms with Gasteiger partial charge in [-0.05, 0) is 41.8 Å². The Morgan fingerprint density at radius 2 is 2.05 bits per heavy atom. The molecule has 2 aromatic carbocycles. The second-order valence-corrected chi connectivity index (χ2v) is 5.85. The number of benzene rings is 2. The van der Waals surface area contributed by atoms with Gasteiger partial charge in [0.25, 0.3) is 0 Å². The minimum absolute atomic E-state index is 0.285. The molecule has 0 bridgehead atoms. The van der Waals surface area contributed by atoms with Crippen LogP contribution in [0.5, 0.6) is 0 Å². The molecule has 2 unspecified atom stereocenters. The van der Waals surface area contributed by atoms with Crippen molar-refractivity contribution in [3.05, 3.63) is 48.0 Å². The van der Waals surface area contributed by atoms with Crippen molar-refractivity contribution in [3.8, 4) is 0 Å². The maximum absolute atomic E-state index is 6.08. The van der Waals surface area contributed by atoms with Gasteiger partial charge in [-0.1, -0.05) is 36.4 Å². The minimum atomic E-state index is 0.285. The molecule has 2 aromatic rings. The smallest absolute Gasteiger partial charge is 0.0698 e. The lowest BCUT2D eigenvalue weighted by Crippen LogP contribution is -2.43. The molecule has 3 nitrogen and oxygen atoms in total. The lowest BCUT2D eigenvalue weighted by Gasteiger charge is -2.37. The van der Waals surface area contributed by atoms with Crippen molar-refractivity contribution in [2.24, 2.45) is 5.73 Å². The molecule has 0 radical (unpaired) electrons. The van der Waals surface area contributed by atoms with E-state index in [-0.39, 0.29) is 6.04 Å². The lowest BCUT2D eigenvalue weighted by molar-refractivity contribution is 0.0155. The summed E-state index contributed by atoms with van der Waals surface area (Å²) in [4.78, 5) is 2.47. The van der Waals surface area contributed by atoms with Gasteiger partial charge in [0.15, 0.2) is 0 Å². The molecule has 2 atom stereocenters. The fourth-order valence-electron chi connectivity index (χ4n) is 3.35. The standard InChI is InChI=1S/C18H24N2O/c1-21-17-7-4-10-20(13-17)18(12-19)16-9-8-14-5-2-3-6-15(14)11-16/h2-3,5-6,8-9,11,17-18H,4,7,10,12-13,19H2,1H3. The van der Waals surface area contributed by atoms with Crippen LogP contribution in [-0.4, -0.2) is 37.7 Å². The van der Waals surface area contributed by atoms with Crippen LogP contribution in [0.15, 0.2) is 42.5 Å². The molecule has 0 aromatic heterocycles. The van der Waals surface area contributed by atoms with Crippen LogP contribution in [0.25, 0.3) is 10.8 Å². The first-order valence-electron chi connectivity index (χ1n) is 7.77. The van der Waals surface area contributed by atoms with E-state index in [9.17, 15) is 0 Å². The molecule has 1 aliphatic rings. The molecular formula is C18H24N2O. The second kappa shape index (κ2) is 6.56. The van der Waals surface area contributed by atoms with E-state index in [2.05, 4.69) is 47.4 Å². The molecule has 1 fully saturated rings. The first-order valence-corrected chi connectivity index (χ1v) is 7.77. The highest BCUT2D eigenvalue weighted by Crippen LogP contribution is 2.27. The Bertz CT molecular complexity index is 599. The van der Waals surface area contributed by atoms with Crippen molar-refractivity contribution >= 4 is 10.8 Å². The van der Waals surface area contributed by atoms with Crippen LogP contribution in [0.1, 0.15) is 24.4 Å². The average Bonchev–Trinajstić information content (AvgIpc) is 2.56. The molecule has 1 heterocycles. The molecular weight excluding hydrogens is 260 g/mol. The highest BCUT2D eigenvalue weighted by atomic mass is 16.5. The number of piperidine rings is 1. The van der Waals surface area contributed by atoms with Gasteiger partial charge in [0.05, 0.1) is 6.10 Å². The Labute approximate surface area is 126 Å². The average molecular weight is 284 g/mol. The third-order valence-electron chi connectivity index (χ3n) is 4.57. The third-order valence-corrected chi connectivity index (χ3v) is 4.57. The van der Waals surface area contributed by atoms with E-state index >= 15 is 0 Å². The van der Waals surface area contributed by atoms with Crippen molar-refractivity contribution in [1.82, 2.24) is 4.90 Å². The number of hydrogen-bond donors (Lipinski definition) is 1. The SMILES string of the molecule is COC1CCCN(C(CN)c2ccc3ccccc3c2)C1. The number of rotatable bonds is 4. The number of ether oxygens (including phenoxy) is 1. The van der Waals surface area contributed by atoms with Crippen molar-refractivity contribution in [1.29, 1.82) is 0 Å². The number of methoxy groups -OCH3 is 1. The van der Waals surface area contributed by atoms with Crippen LogP contribution in [-0.2, 0) is 4.74 Å². The van der Waals surface area contributed by atoms with E-state index in [1.807, 2.05) is 7.11 Å². The zero-order valence-electron chi connectivity index (χ0n) is 12.7. The normalized spacial score (nSPS) is 21.5. The lowest BCUT2D eigenvalue weighted by atomic mass is 9.98. The van der Waals surface area contributed by atoms with Gasteiger partial charge in [0.2, 0.25) is 0 Å². The van der Waals surface area contributed by atoms with E-state index in [1.54, 1.807) is 0 Å². The fourth-order valence-corrected chi connectivity index (χ4v) is 3.35. The Kier molecular flexibility index (Phi) is 4.54. The predicted molar refractivity (Wildman–Crippen MR) is 87.3 cm³/mol. The molecule has 3 rings (SSSR count). The maximum atomic E-state index is 6.08. The molecule has 0 amide bonds. The maximum Gasteiger partial charge on any atom is 0.0698 e. The van der Waals surface area contributed by atoms with E-state index in [4.69, 9.17) is 10.5 Å². The topological polar surface area (TPSA) is 38.5 Å². The fraction of sp³-hybridized carbons (Fsp3) is 0.444. The van der Waals surface area contributed by atoms with Gasteiger partial charge < -0.3 is 10.5 Å². The Hall–Kier alpha value is -1.42. The summed E-state index contributed by atoms with van der Waals surface area (Å²) in [5.74, 6) is 0. The number of nitrogens with zero attached hydrogens (tertiary/aromatic N) is 1. The van der Waals surface area contributed by atoms with Crippen LogP contribution in [0, 0.1) is 0 Å². The summed E-state index contributed by atoms with van der Waals surface area (Å²) in [5, 5.41) is 2.57. The Balaban J connectivity index is 1.86. The number of hydrogen-bond acceptors (Lipinski definition) is 3. The van der Waals surface area contributed by atoms with Gasteiger partial charge in [0.1, 0.15) is 0 Å². The summed E-state index contributed by atoms with van der Waals surface area (Å²) < 4.78 is 5.54. The Morgan fingerprint density at radius 1 is 1.24 bits per heavy atom. The third kappa shape index (κ3) is 3.10. The summed E-state index contributed by atoms with van der Waals surface area (Å²) in [6, 6.07) is 15.5. The summed E-state index contributed by atoms with van der Waals surface area (Å²) in [6.07, 6.45) is 2.68. The van der Waals surface area contributed by atoms with E-state index in [0.29, 0.717) is 12.6 Å². The monoisotopic (exact) mass is 284 g/mol. The van der Waals surface area contributed by atoms with Crippen LogP contribution in [0.4, 0.5) is 0 Å². The first kappa shape index (κ1) is 14.5. The quantitative estimate of drug-likeness (QED) is 0.938. The zero-order valence-corrected chi connectivity index (χ0v) is 12.7. The molecule has 0 aliphatic carbocycles. The van der Waals surface area contributed by atoms with Crippen LogP contribution in [0.3, 0.4) is 0 Å². The molecule has 0 saturated carbocycles. The van der Waals surface area contributed by atoms with Crippen molar-refractivity contribution in [2.45, 2.75) is 25.0 Å². The molecule has 1 saturated heterocycles. The Morgan fingerprint density at radius 3 is 2.81 bits per heavy atom. The molecule has 112 valence electrons. The zero-order chi connectivity index (χ0) is 14.7. The van der Waals surface area contributed by atoms with E-state index < -0.39 is 0 Å². The number of likely N-dealkylation sites (tertiary alicyclic amines) is 1. The molecule has 3 heteroatoms. The van der Waals surface area contributed by atoms with E-state index in [1.165, 1.54) is 22.8 Å². The minimum Gasteiger partial charge on any atom is -0.380 e. The highest BCUT2D eigenvalue weighted by molar-refractivity contribution is 5.83. The summed E-state index contributed by atoms with van der Waals surface area (Å²) >= 11 is 0. The van der Waals surface area contributed by atoms with Crippen molar-refractivity contribution in [3.63, 3.8) is 0 Å². The van der Waals surface area contributed by atoms with Gasteiger partial charge >= 0.3 is 0 Å². The van der Waals surface area contributed by atoms with Gasteiger partial charge in [-0.25, -0.2) is 0 Å². The highest BCUT2D eigenvalue weighted by Gasteiger charge is 2.26. The van der Waals surface area contributed by atoms with Crippen LogP contribution in [0.2, 0.25) is 0 Å². The van der Waals surface area contributed by atoms with Crippen molar-refractivity contribution < 1.29 is 4.74 Å². The molecule has 2 N–H and O–H groups in total. The summed E-state index contributed by atoms with van der Waals surface area (Å²) in [6.45, 7) is 2.73. The predicted octanol–water partition coefficient (Wildman–Crippen LogP) is 2.95. The van der Waals surface area contributed by atoms with E-state index in [0.717, 1.165) is 19.5 Å². The second-order valence-electron chi connectivity index (χ2n) is 5.85. The molecule has 1 aliphatic heterocycles. The summed E-state index contributed by atoms with van der Waals surface area (Å²) in [5.41, 5.74) is 7.40. The molecule has 0 spiro atoms. The van der Waals surface area contributed by atoms with Gasteiger partial charge in [0, 0.05) is 26.2 Å². The van der Waals surface area contributed by atoms with Gasteiger partial charge in [-0.15, -0.1) is 0 Å².